The number of nitrogens with one attached hydrogen (secondary N) is 1. The van der Waals surface area contributed by atoms with Crippen LogP contribution in [0.15, 0.2) is 30.0 Å². The van der Waals surface area contributed by atoms with Gasteiger partial charge < -0.3 is 10.1 Å². The van der Waals surface area contributed by atoms with Crippen LogP contribution in [-0.4, -0.2) is 19.2 Å². The molecule has 2 rings (SSSR count). The highest BCUT2D eigenvalue weighted by atomic mass is 16.5. The molecule has 2 nitrogen and oxygen atoms in total. The zero-order chi connectivity index (χ0) is 13.0. The number of hydrogen-bond acceptors (Lipinski definition) is 2. The fourth-order valence-corrected chi connectivity index (χ4v) is 2.44. The van der Waals surface area contributed by atoms with Crippen LogP contribution < -0.4 is 5.32 Å². The van der Waals surface area contributed by atoms with Crippen molar-refractivity contribution in [1.29, 1.82) is 0 Å². The van der Waals surface area contributed by atoms with Crippen LogP contribution in [-0.2, 0) is 11.2 Å². The van der Waals surface area contributed by atoms with Crippen molar-refractivity contribution in [3.63, 3.8) is 0 Å². The summed E-state index contributed by atoms with van der Waals surface area (Å²) in [6.45, 7) is 8.28. The van der Waals surface area contributed by atoms with Crippen LogP contribution in [0.2, 0.25) is 0 Å². The molecule has 18 heavy (non-hydrogen) atoms. The van der Waals surface area contributed by atoms with Crippen molar-refractivity contribution < 1.29 is 4.74 Å². The van der Waals surface area contributed by atoms with Crippen molar-refractivity contribution in [3.8, 4) is 0 Å². The topological polar surface area (TPSA) is 21.3 Å². The molecule has 2 heteroatoms. The van der Waals surface area contributed by atoms with Gasteiger partial charge in [0.15, 0.2) is 0 Å². The van der Waals surface area contributed by atoms with E-state index in [1.165, 1.54) is 16.7 Å². The third-order valence-electron chi connectivity index (χ3n) is 3.45. The Labute approximate surface area is 110 Å². The Morgan fingerprint density at radius 2 is 2.17 bits per heavy atom. The average Bonchev–Trinajstić information content (AvgIpc) is 2.87. The van der Waals surface area contributed by atoms with Gasteiger partial charge in [0.25, 0.3) is 0 Å². The summed E-state index contributed by atoms with van der Waals surface area (Å²) in [5, 5.41) is 3.53. The fraction of sp³-hybridized carbons (Fsp3) is 0.500. The highest BCUT2D eigenvalue weighted by molar-refractivity contribution is 5.32. The van der Waals surface area contributed by atoms with Crippen LogP contribution in [0.4, 0.5) is 0 Å². The summed E-state index contributed by atoms with van der Waals surface area (Å²) in [5.41, 5.74) is 4.10. The zero-order valence-corrected chi connectivity index (χ0v) is 11.6. The van der Waals surface area contributed by atoms with Crippen LogP contribution in [0.1, 0.15) is 30.0 Å². The third kappa shape index (κ3) is 3.14. The van der Waals surface area contributed by atoms with Crippen molar-refractivity contribution in [3.05, 3.63) is 46.7 Å². The van der Waals surface area contributed by atoms with E-state index >= 15 is 0 Å². The van der Waals surface area contributed by atoms with Crippen molar-refractivity contribution in [2.24, 2.45) is 0 Å². The van der Waals surface area contributed by atoms with Gasteiger partial charge in [-0.15, -0.1) is 0 Å². The van der Waals surface area contributed by atoms with Gasteiger partial charge in [0.05, 0.1) is 12.6 Å². The monoisotopic (exact) mass is 245 g/mol. The lowest BCUT2D eigenvalue weighted by Crippen LogP contribution is -2.33. The first-order chi connectivity index (χ1) is 8.70. The summed E-state index contributed by atoms with van der Waals surface area (Å²) in [6, 6.07) is 6.98. The van der Waals surface area contributed by atoms with Crippen molar-refractivity contribution >= 4 is 0 Å². The summed E-state index contributed by atoms with van der Waals surface area (Å²) in [7, 11) is 0. The molecule has 0 saturated heterocycles. The highest BCUT2D eigenvalue weighted by Crippen LogP contribution is 2.20. The van der Waals surface area contributed by atoms with Crippen molar-refractivity contribution in [2.75, 3.05) is 13.2 Å². The van der Waals surface area contributed by atoms with Gasteiger partial charge in [-0.1, -0.05) is 30.7 Å². The van der Waals surface area contributed by atoms with Crippen molar-refractivity contribution in [2.45, 2.75) is 39.7 Å². The molecule has 0 amide bonds. The number of ether oxygens (including phenoxy) is 1. The maximum absolute atomic E-state index is 5.71. The summed E-state index contributed by atoms with van der Waals surface area (Å²) >= 11 is 0. The molecule has 1 aromatic rings. The molecule has 1 unspecified atom stereocenters. The van der Waals surface area contributed by atoms with Crippen LogP contribution in [0, 0.1) is 13.8 Å². The van der Waals surface area contributed by atoms with E-state index in [1.54, 1.807) is 0 Å². The van der Waals surface area contributed by atoms with Gasteiger partial charge in [-0.25, -0.2) is 0 Å². The molecule has 0 aromatic heterocycles. The molecule has 1 atom stereocenters. The predicted molar refractivity (Wildman–Crippen MR) is 75.7 cm³/mol. The van der Waals surface area contributed by atoms with E-state index in [2.05, 4.69) is 50.4 Å². The molecule has 1 aliphatic heterocycles. The second kappa shape index (κ2) is 6.05. The molecule has 0 spiro atoms. The van der Waals surface area contributed by atoms with E-state index < -0.39 is 0 Å². The van der Waals surface area contributed by atoms with Gasteiger partial charge in [0.2, 0.25) is 0 Å². The Morgan fingerprint density at radius 1 is 1.33 bits per heavy atom. The lowest BCUT2D eigenvalue weighted by molar-refractivity contribution is 0.215. The lowest BCUT2D eigenvalue weighted by atomic mass is 9.98. The highest BCUT2D eigenvalue weighted by Gasteiger charge is 2.19. The molecule has 0 fully saturated rings. The van der Waals surface area contributed by atoms with Crippen LogP contribution >= 0.6 is 0 Å². The number of hydrogen-bond donors (Lipinski definition) is 1. The second-order valence-electron chi connectivity index (χ2n) is 4.99. The summed E-state index contributed by atoms with van der Waals surface area (Å²) in [5.74, 6) is 1.12. The Hall–Kier alpha value is -1.28. The van der Waals surface area contributed by atoms with E-state index in [0.29, 0.717) is 6.04 Å². The Bertz CT molecular complexity index is 437. The molecule has 1 N–H and O–H groups in total. The smallest absolute Gasteiger partial charge is 0.109 e. The molecule has 1 heterocycles. The lowest BCUT2D eigenvalue weighted by Gasteiger charge is -2.20. The quantitative estimate of drug-likeness (QED) is 0.860. The minimum Gasteiger partial charge on any atom is -0.496 e. The first kappa shape index (κ1) is 13.2. The van der Waals surface area contributed by atoms with Crippen LogP contribution in [0.5, 0.6) is 0 Å². The van der Waals surface area contributed by atoms with Crippen molar-refractivity contribution in [1.82, 2.24) is 5.32 Å². The summed E-state index contributed by atoms with van der Waals surface area (Å²) in [4.78, 5) is 0. The minimum absolute atomic E-state index is 0.318. The van der Waals surface area contributed by atoms with Gasteiger partial charge in [0, 0.05) is 6.42 Å². The maximum Gasteiger partial charge on any atom is 0.109 e. The largest absolute Gasteiger partial charge is 0.496 e. The standard InChI is InChI=1S/C16H23NO/c1-4-17-15(16-6-5-9-18-16)11-14-10-12(2)7-8-13(14)3/h6-8,10,15,17H,4-5,9,11H2,1-3H3. The van der Waals surface area contributed by atoms with Gasteiger partial charge in [-0.3, -0.25) is 0 Å². The normalized spacial score (nSPS) is 16.3. The van der Waals surface area contributed by atoms with E-state index in [0.717, 1.165) is 31.8 Å². The zero-order valence-electron chi connectivity index (χ0n) is 11.6. The number of benzene rings is 1. The van der Waals surface area contributed by atoms with E-state index in [9.17, 15) is 0 Å². The molecule has 0 bridgehead atoms. The fourth-order valence-electron chi connectivity index (χ4n) is 2.44. The van der Waals surface area contributed by atoms with E-state index in [1.807, 2.05) is 0 Å². The summed E-state index contributed by atoms with van der Waals surface area (Å²) < 4.78 is 5.71. The van der Waals surface area contributed by atoms with E-state index in [4.69, 9.17) is 4.74 Å². The van der Waals surface area contributed by atoms with Crippen LogP contribution in [0.3, 0.4) is 0 Å². The molecule has 1 aliphatic rings. The molecule has 98 valence electrons. The van der Waals surface area contributed by atoms with Gasteiger partial charge >= 0.3 is 0 Å². The van der Waals surface area contributed by atoms with Gasteiger partial charge in [-0.2, -0.15) is 0 Å². The molecule has 0 aliphatic carbocycles. The second-order valence-corrected chi connectivity index (χ2v) is 4.99. The molecule has 1 aromatic carbocycles. The molecule has 0 saturated carbocycles. The number of aryl methyl sites for hydroxylation is 2. The Morgan fingerprint density at radius 3 is 2.83 bits per heavy atom. The number of rotatable bonds is 5. The molecular weight excluding hydrogens is 222 g/mol. The SMILES string of the molecule is CCNC(Cc1cc(C)ccc1C)C1=CCCO1. The molecular formula is C16H23NO. The Kier molecular flexibility index (Phi) is 4.43. The first-order valence-electron chi connectivity index (χ1n) is 6.83. The van der Waals surface area contributed by atoms with Crippen LogP contribution in [0.25, 0.3) is 0 Å². The Balaban J connectivity index is 2.15. The van der Waals surface area contributed by atoms with E-state index in [-0.39, 0.29) is 0 Å². The predicted octanol–water partition coefficient (Wildman–Crippen LogP) is 3.13. The average molecular weight is 245 g/mol. The van der Waals surface area contributed by atoms with Gasteiger partial charge in [0.1, 0.15) is 5.76 Å². The first-order valence-corrected chi connectivity index (χ1v) is 6.83. The summed E-state index contributed by atoms with van der Waals surface area (Å²) in [6.07, 6.45) is 4.27. The van der Waals surface area contributed by atoms with Gasteiger partial charge in [-0.05, 0) is 44.0 Å². The third-order valence-corrected chi connectivity index (χ3v) is 3.45. The maximum atomic E-state index is 5.71. The molecule has 0 radical (unpaired) electrons. The minimum atomic E-state index is 0.318. The number of likely N-dealkylation sites (N-methyl/N-ethyl adjacent to an activating group) is 1.